The molecule has 2 aromatic carbocycles. The molecule has 0 aliphatic rings. The normalized spacial score (nSPS) is 11.9. The fourth-order valence-corrected chi connectivity index (χ4v) is 2.17. The van der Waals surface area contributed by atoms with E-state index >= 15 is 0 Å². The van der Waals surface area contributed by atoms with Gasteiger partial charge in [-0.1, -0.05) is 48.0 Å². The number of rotatable bonds is 3. The van der Waals surface area contributed by atoms with Crippen LogP contribution < -0.4 is 5.32 Å². The molecule has 98 valence electrons. The molecule has 1 N–H and O–H groups in total. The van der Waals surface area contributed by atoms with Gasteiger partial charge in [-0.05, 0) is 38.0 Å². The number of aryl methyl sites for hydroxylation is 2. The van der Waals surface area contributed by atoms with Crippen LogP contribution in [0, 0.1) is 13.8 Å². The Morgan fingerprint density at radius 2 is 1.74 bits per heavy atom. The van der Waals surface area contributed by atoms with Crippen molar-refractivity contribution in [3.63, 3.8) is 0 Å². The zero-order valence-corrected chi connectivity index (χ0v) is 11.6. The molecule has 2 nitrogen and oxygen atoms in total. The number of nitrogens with one attached hydrogen (secondary N) is 1. The fraction of sp³-hybridized carbons (Fsp3) is 0.235. The summed E-state index contributed by atoms with van der Waals surface area (Å²) in [7, 11) is 0. The molecule has 0 saturated heterocycles. The summed E-state index contributed by atoms with van der Waals surface area (Å²) in [4.78, 5) is 12.2. The predicted molar refractivity (Wildman–Crippen MR) is 78.2 cm³/mol. The van der Waals surface area contributed by atoms with Gasteiger partial charge in [0.15, 0.2) is 0 Å². The Morgan fingerprint density at radius 1 is 1.05 bits per heavy atom. The number of benzene rings is 2. The lowest BCUT2D eigenvalue weighted by Gasteiger charge is -2.15. The molecule has 0 unspecified atom stereocenters. The molecule has 2 heteroatoms. The molecule has 0 aliphatic heterocycles. The summed E-state index contributed by atoms with van der Waals surface area (Å²) in [5, 5.41) is 3.03. The lowest BCUT2D eigenvalue weighted by Crippen LogP contribution is -2.27. The number of hydrogen-bond acceptors (Lipinski definition) is 1. The summed E-state index contributed by atoms with van der Waals surface area (Å²) < 4.78 is 0. The Balaban J connectivity index is 2.13. The monoisotopic (exact) mass is 253 g/mol. The van der Waals surface area contributed by atoms with E-state index in [0.29, 0.717) is 0 Å². The van der Waals surface area contributed by atoms with Gasteiger partial charge in [0, 0.05) is 5.56 Å². The molecule has 0 fully saturated rings. The summed E-state index contributed by atoms with van der Waals surface area (Å²) in [6, 6.07) is 15.9. The van der Waals surface area contributed by atoms with Gasteiger partial charge in [0.2, 0.25) is 0 Å². The second-order valence-electron chi connectivity index (χ2n) is 4.92. The highest BCUT2D eigenvalue weighted by molar-refractivity contribution is 5.95. The van der Waals surface area contributed by atoms with E-state index < -0.39 is 0 Å². The molecule has 0 radical (unpaired) electrons. The first-order valence-corrected chi connectivity index (χ1v) is 6.51. The molecule has 2 rings (SSSR count). The molecule has 0 bridgehead atoms. The maximum absolute atomic E-state index is 12.2. The minimum Gasteiger partial charge on any atom is -0.346 e. The molecular weight excluding hydrogens is 234 g/mol. The molecule has 19 heavy (non-hydrogen) atoms. The topological polar surface area (TPSA) is 29.1 Å². The van der Waals surface area contributed by atoms with Gasteiger partial charge in [-0.25, -0.2) is 0 Å². The first-order chi connectivity index (χ1) is 9.08. The summed E-state index contributed by atoms with van der Waals surface area (Å²) >= 11 is 0. The van der Waals surface area contributed by atoms with E-state index in [1.54, 1.807) is 0 Å². The quantitative estimate of drug-likeness (QED) is 0.885. The van der Waals surface area contributed by atoms with Crippen molar-refractivity contribution < 1.29 is 4.79 Å². The molecule has 0 aliphatic carbocycles. The van der Waals surface area contributed by atoms with Crippen molar-refractivity contribution in [1.82, 2.24) is 5.32 Å². The number of hydrogen-bond donors (Lipinski definition) is 1. The van der Waals surface area contributed by atoms with Crippen molar-refractivity contribution in [2.24, 2.45) is 0 Å². The van der Waals surface area contributed by atoms with Crippen LogP contribution in [0.2, 0.25) is 0 Å². The maximum atomic E-state index is 12.2. The lowest BCUT2D eigenvalue weighted by atomic mass is 10.0. The largest absolute Gasteiger partial charge is 0.346 e. The van der Waals surface area contributed by atoms with Crippen molar-refractivity contribution >= 4 is 5.91 Å². The number of carbonyl (C=O) groups excluding carboxylic acids is 1. The van der Waals surface area contributed by atoms with E-state index in [0.717, 1.165) is 16.7 Å². The third kappa shape index (κ3) is 3.22. The molecule has 1 atom stereocenters. The Labute approximate surface area is 114 Å². The van der Waals surface area contributed by atoms with Crippen LogP contribution >= 0.6 is 0 Å². The van der Waals surface area contributed by atoms with E-state index in [2.05, 4.69) is 5.32 Å². The van der Waals surface area contributed by atoms with Gasteiger partial charge >= 0.3 is 0 Å². The molecule has 0 spiro atoms. The van der Waals surface area contributed by atoms with E-state index in [1.165, 1.54) is 5.56 Å². The second kappa shape index (κ2) is 5.70. The van der Waals surface area contributed by atoms with Gasteiger partial charge in [-0.3, -0.25) is 4.79 Å². The number of amides is 1. The zero-order chi connectivity index (χ0) is 13.8. The Hall–Kier alpha value is -2.09. The van der Waals surface area contributed by atoms with E-state index in [9.17, 15) is 4.79 Å². The van der Waals surface area contributed by atoms with Gasteiger partial charge in [-0.15, -0.1) is 0 Å². The van der Waals surface area contributed by atoms with Crippen molar-refractivity contribution in [2.45, 2.75) is 26.8 Å². The molecular formula is C17H19NO. The van der Waals surface area contributed by atoms with Crippen LogP contribution in [-0.4, -0.2) is 5.91 Å². The van der Waals surface area contributed by atoms with Crippen LogP contribution in [0.15, 0.2) is 48.5 Å². The Morgan fingerprint density at radius 3 is 2.37 bits per heavy atom. The average molecular weight is 253 g/mol. The summed E-state index contributed by atoms with van der Waals surface area (Å²) in [6.07, 6.45) is 0. The third-order valence-corrected chi connectivity index (χ3v) is 3.27. The third-order valence-electron chi connectivity index (χ3n) is 3.27. The van der Waals surface area contributed by atoms with Crippen molar-refractivity contribution in [2.75, 3.05) is 0 Å². The molecule has 0 saturated carbocycles. The van der Waals surface area contributed by atoms with Gasteiger partial charge < -0.3 is 5.32 Å². The SMILES string of the molecule is Cc1ccc(C(=O)N[C@@H](C)c2ccccc2)c(C)c1. The van der Waals surface area contributed by atoms with Crippen molar-refractivity contribution in [3.05, 3.63) is 70.8 Å². The predicted octanol–water partition coefficient (Wildman–Crippen LogP) is 3.79. The van der Waals surface area contributed by atoms with Gasteiger partial charge in [0.05, 0.1) is 6.04 Å². The van der Waals surface area contributed by atoms with E-state index in [-0.39, 0.29) is 11.9 Å². The number of carbonyl (C=O) groups is 1. The van der Waals surface area contributed by atoms with Crippen LogP contribution in [0.3, 0.4) is 0 Å². The Bertz CT molecular complexity index is 575. The summed E-state index contributed by atoms with van der Waals surface area (Å²) in [5.74, 6) is -0.0196. The highest BCUT2D eigenvalue weighted by Crippen LogP contribution is 2.15. The molecule has 0 heterocycles. The fourth-order valence-electron chi connectivity index (χ4n) is 2.17. The van der Waals surface area contributed by atoms with Gasteiger partial charge in [-0.2, -0.15) is 0 Å². The van der Waals surface area contributed by atoms with E-state index in [1.807, 2.05) is 69.3 Å². The van der Waals surface area contributed by atoms with Gasteiger partial charge in [0.25, 0.3) is 5.91 Å². The lowest BCUT2D eigenvalue weighted by molar-refractivity contribution is 0.0939. The maximum Gasteiger partial charge on any atom is 0.252 e. The Kier molecular flexibility index (Phi) is 4.00. The average Bonchev–Trinajstić information content (AvgIpc) is 2.39. The minimum atomic E-state index is -0.0196. The van der Waals surface area contributed by atoms with Crippen LogP contribution in [0.25, 0.3) is 0 Å². The van der Waals surface area contributed by atoms with Crippen LogP contribution in [0.1, 0.15) is 40.0 Å². The van der Waals surface area contributed by atoms with E-state index in [4.69, 9.17) is 0 Å². The van der Waals surface area contributed by atoms with Crippen molar-refractivity contribution in [1.29, 1.82) is 0 Å². The second-order valence-corrected chi connectivity index (χ2v) is 4.92. The minimum absolute atomic E-state index is 0.00871. The van der Waals surface area contributed by atoms with Crippen LogP contribution in [0.5, 0.6) is 0 Å². The smallest absolute Gasteiger partial charge is 0.252 e. The molecule has 1 amide bonds. The first-order valence-electron chi connectivity index (χ1n) is 6.51. The van der Waals surface area contributed by atoms with Gasteiger partial charge in [0.1, 0.15) is 0 Å². The standard InChI is InChI=1S/C17H19NO/c1-12-9-10-16(13(2)11-12)17(19)18-14(3)15-7-5-4-6-8-15/h4-11,14H,1-3H3,(H,18,19)/t14-/m0/s1. The highest BCUT2D eigenvalue weighted by Gasteiger charge is 2.12. The highest BCUT2D eigenvalue weighted by atomic mass is 16.1. The van der Waals surface area contributed by atoms with Crippen molar-refractivity contribution in [3.8, 4) is 0 Å². The molecule has 2 aromatic rings. The summed E-state index contributed by atoms with van der Waals surface area (Å²) in [5.41, 5.74) is 4.04. The van der Waals surface area contributed by atoms with Crippen LogP contribution in [-0.2, 0) is 0 Å². The zero-order valence-electron chi connectivity index (χ0n) is 11.6. The summed E-state index contributed by atoms with van der Waals surface area (Å²) in [6.45, 7) is 5.99. The first kappa shape index (κ1) is 13.3. The molecule has 0 aromatic heterocycles. The van der Waals surface area contributed by atoms with Crippen LogP contribution in [0.4, 0.5) is 0 Å².